The summed E-state index contributed by atoms with van der Waals surface area (Å²) in [5.41, 5.74) is 2.35. The normalized spacial score (nSPS) is 18.2. The molecule has 0 atom stereocenters. The second-order valence-electron chi connectivity index (χ2n) is 6.54. The fourth-order valence-corrected chi connectivity index (χ4v) is 3.28. The summed E-state index contributed by atoms with van der Waals surface area (Å²) >= 11 is 6.09. The maximum atomic E-state index is 12.2. The summed E-state index contributed by atoms with van der Waals surface area (Å²) < 4.78 is 0. The molecule has 124 valence electrons. The molecular formula is C18H23ClN2O2. The summed E-state index contributed by atoms with van der Waals surface area (Å²) in [6.07, 6.45) is 2.82. The number of hydrogen-bond acceptors (Lipinski definition) is 3. The van der Waals surface area contributed by atoms with Crippen molar-refractivity contribution in [3.63, 3.8) is 0 Å². The van der Waals surface area contributed by atoms with Crippen LogP contribution in [0.3, 0.4) is 0 Å². The Kier molecular flexibility index (Phi) is 4.90. The minimum absolute atomic E-state index is 0.112. The third-order valence-electron chi connectivity index (χ3n) is 4.76. The van der Waals surface area contributed by atoms with E-state index in [0.29, 0.717) is 25.9 Å². The van der Waals surface area contributed by atoms with E-state index in [9.17, 15) is 9.59 Å². The average molecular weight is 335 g/mol. The molecule has 23 heavy (non-hydrogen) atoms. The van der Waals surface area contributed by atoms with Gasteiger partial charge in [-0.2, -0.15) is 0 Å². The van der Waals surface area contributed by atoms with Crippen LogP contribution in [0.5, 0.6) is 0 Å². The van der Waals surface area contributed by atoms with Crippen molar-refractivity contribution >= 4 is 29.0 Å². The van der Waals surface area contributed by atoms with Crippen molar-refractivity contribution in [2.75, 3.05) is 31.1 Å². The summed E-state index contributed by atoms with van der Waals surface area (Å²) in [6, 6.07) is 5.92. The van der Waals surface area contributed by atoms with Crippen LogP contribution in [0, 0.1) is 12.8 Å². The number of Topliss-reactive ketones (excluding diaryl/α,β-unsaturated/α-hetero) is 1. The molecule has 4 nitrogen and oxygen atoms in total. The smallest absolute Gasteiger partial charge is 0.223 e. The van der Waals surface area contributed by atoms with Gasteiger partial charge in [0, 0.05) is 55.6 Å². The molecule has 1 heterocycles. The van der Waals surface area contributed by atoms with Crippen molar-refractivity contribution in [2.45, 2.75) is 32.6 Å². The van der Waals surface area contributed by atoms with Gasteiger partial charge < -0.3 is 9.80 Å². The van der Waals surface area contributed by atoms with E-state index in [4.69, 9.17) is 11.6 Å². The third-order valence-corrected chi connectivity index (χ3v) is 5.00. The fraction of sp³-hybridized carbons (Fsp3) is 0.556. The highest BCUT2D eigenvalue weighted by atomic mass is 35.5. The van der Waals surface area contributed by atoms with Gasteiger partial charge >= 0.3 is 0 Å². The Hall–Kier alpha value is -1.55. The highest BCUT2D eigenvalue weighted by Gasteiger charge is 2.30. The van der Waals surface area contributed by atoms with Crippen LogP contribution in [0.4, 0.5) is 5.69 Å². The summed E-state index contributed by atoms with van der Waals surface area (Å²) in [4.78, 5) is 28.1. The molecule has 2 fully saturated rings. The Labute approximate surface area is 142 Å². The minimum Gasteiger partial charge on any atom is -0.368 e. The van der Waals surface area contributed by atoms with Gasteiger partial charge in [-0.1, -0.05) is 17.7 Å². The molecule has 1 saturated carbocycles. The van der Waals surface area contributed by atoms with E-state index in [1.54, 1.807) is 0 Å². The molecule has 2 aliphatic rings. The summed E-state index contributed by atoms with van der Waals surface area (Å²) in [5.74, 6) is 0.637. The molecule has 0 bridgehead atoms. The lowest BCUT2D eigenvalue weighted by Gasteiger charge is -2.37. The molecule has 5 heteroatoms. The Morgan fingerprint density at radius 1 is 1.13 bits per heavy atom. The Morgan fingerprint density at radius 2 is 1.83 bits per heavy atom. The molecule has 0 N–H and O–H groups in total. The zero-order valence-corrected chi connectivity index (χ0v) is 14.3. The van der Waals surface area contributed by atoms with E-state index in [2.05, 4.69) is 11.8 Å². The van der Waals surface area contributed by atoms with Crippen LogP contribution in [-0.4, -0.2) is 42.8 Å². The zero-order chi connectivity index (χ0) is 16.4. The molecule has 0 radical (unpaired) electrons. The first kappa shape index (κ1) is 16.3. The lowest BCUT2D eigenvalue weighted by molar-refractivity contribution is -0.133. The number of aryl methyl sites for hydroxylation is 1. The number of amides is 1. The number of rotatable bonds is 5. The van der Waals surface area contributed by atoms with Gasteiger partial charge in [-0.3, -0.25) is 9.59 Å². The first-order valence-corrected chi connectivity index (χ1v) is 8.74. The lowest BCUT2D eigenvalue weighted by atomic mass is 10.1. The van der Waals surface area contributed by atoms with Gasteiger partial charge in [0.05, 0.1) is 0 Å². The average Bonchev–Trinajstić information content (AvgIpc) is 3.40. The lowest BCUT2D eigenvalue weighted by Crippen LogP contribution is -2.49. The van der Waals surface area contributed by atoms with Gasteiger partial charge in [-0.05, 0) is 37.5 Å². The molecule has 1 aromatic carbocycles. The molecule has 1 amide bonds. The van der Waals surface area contributed by atoms with Crippen LogP contribution in [-0.2, 0) is 9.59 Å². The van der Waals surface area contributed by atoms with Gasteiger partial charge in [0.2, 0.25) is 5.91 Å². The van der Waals surface area contributed by atoms with Crippen LogP contribution >= 0.6 is 11.6 Å². The van der Waals surface area contributed by atoms with Crippen LogP contribution in [0.25, 0.3) is 0 Å². The third kappa shape index (κ3) is 4.05. The number of carbonyl (C=O) groups is 2. The topological polar surface area (TPSA) is 40.6 Å². The summed E-state index contributed by atoms with van der Waals surface area (Å²) in [6.45, 7) is 5.12. The van der Waals surface area contributed by atoms with Crippen LogP contribution in [0.1, 0.15) is 31.2 Å². The number of ketones is 1. The van der Waals surface area contributed by atoms with Gasteiger partial charge in [-0.15, -0.1) is 0 Å². The van der Waals surface area contributed by atoms with Crippen LogP contribution in [0.15, 0.2) is 18.2 Å². The Balaban J connectivity index is 1.50. The zero-order valence-electron chi connectivity index (χ0n) is 13.6. The molecule has 1 aromatic rings. The molecule has 0 spiro atoms. The number of halogens is 1. The van der Waals surface area contributed by atoms with Gasteiger partial charge in [0.25, 0.3) is 0 Å². The molecule has 1 saturated heterocycles. The second kappa shape index (κ2) is 6.91. The van der Waals surface area contributed by atoms with E-state index < -0.39 is 0 Å². The maximum Gasteiger partial charge on any atom is 0.223 e. The number of carbonyl (C=O) groups excluding carboxylic acids is 2. The van der Waals surface area contributed by atoms with Crippen molar-refractivity contribution in [3.8, 4) is 0 Å². The Morgan fingerprint density at radius 3 is 2.48 bits per heavy atom. The number of piperazine rings is 1. The van der Waals surface area contributed by atoms with Gasteiger partial charge in [0.1, 0.15) is 5.78 Å². The molecule has 1 aliphatic heterocycles. The summed E-state index contributed by atoms with van der Waals surface area (Å²) in [5, 5.41) is 0.739. The predicted octanol–water partition coefficient (Wildman–Crippen LogP) is 3.06. The van der Waals surface area contributed by atoms with Crippen molar-refractivity contribution in [1.29, 1.82) is 0 Å². The molecule has 1 aliphatic carbocycles. The largest absolute Gasteiger partial charge is 0.368 e. The highest BCUT2D eigenvalue weighted by Crippen LogP contribution is 2.31. The number of nitrogens with zero attached hydrogens (tertiary/aromatic N) is 2. The molecule has 0 aromatic heterocycles. The van der Waals surface area contributed by atoms with Crippen molar-refractivity contribution in [2.24, 2.45) is 5.92 Å². The number of hydrogen-bond donors (Lipinski definition) is 0. The number of benzene rings is 1. The fourth-order valence-electron chi connectivity index (χ4n) is 3.12. The van der Waals surface area contributed by atoms with Gasteiger partial charge in [0.15, 0.2) is 0 Å². The van der Waals surface area contributed by atoms with Crippen molar-refractivity contribution in [3.05, 3.63) is 28.8 Å². The maximum absolute atomic E-state index is 12.2. The van der Waals surface area contributed by atoms with Crippen LogP contribution < -0.4 is 4.90 Å². The van der Waals surface area contributed by atoms with Crippen molar-refractivity contribution in [1.82, 2.24) is 4.90 Å². The first-order chi connectivity index (χ1) is 11.0. The number of anilines is 1. The summed E-state index contributed by atoms with van der Waals surface area (Å²) in [7, 11) is 0. The molecule has 3 rings (SSSR count). The highest BCUT2D eigenvalue weighted by molar-refractivity contribution is 6.30. The van der Waals surface area contributed by atoms with E-state index in [1.165, 1.54) is 5.56 Å². The second-order valence-corrected chi connectivity index (χ2v) is 6.98. The Bertz CT molecular complexity index is 605. The first-order valence-electron chi connectivity index (χ1n) is 8.36. The van der Waals surface area contributed by atoms with Crippen molar-refractivity contribution < 1.29 is 9.59 Å². The van der Waals surface area contributed by atoms with Gasteiger partial charge in [-0.25, -0.2) is 0 Å². The van der Waals surface area contributed by atoms with E-state index in [-0.39, 0.29) is 17.6 Å². The van der Waals surface area contributed by atoms with E-state index >= 15 is 0 Å². The molecule has 0 unspecified atom stereocenters. The predicted molar refractivity (Wildman–Crippen MR) is 91.9 cm³/mol. The SMILES string of the molecule is Cc1ccc(Cl)cc1N1CCN(C(=O)CCC(=O)C2CC2)CC1. The standard InChI is InChI=1S/C18H23ClN2O2/c1-13-2-5-15(19)12-16(13)20-8-10-21(11-9-20)18(23)7-6-17(22)14-3-4-14/h2,5,12,14H,3-4,6-11H2,1H3. The monoisotopic (exact) mass is 334 g/mol. The quantitative estimate of drug-likeness (QED) is 0.831. The minimum atomic E-state index is 0.112. The van der Waals surface area contributed by atoms with E-state index in [1.807, 2.05) is 23.1 Å². The van der Waals surface area contributed by atoms with E-state index in [0.717, 1.165) is 36.6 Å². The molecular weight excluding hydrogens is 312 g/mol. The van der Waals surface area contributed by atoms with Crippen LogP contribution in [0.2, 0.25) is 5.02 Å².